The summed E-state index contributed by atoms with van der Waals surface area (Å²) in [7, 11) is 1.80. The summed E-state index contributed by atoms with van der Waals surface area (Å²) >= 11 is 1.34. The van der Waals surface area contributed by atoms with Crippen molar-refractivity contribution in [1.82, 2.24) is 10.2 Å². The van der Waals surface area contributed by atoms with Crippen molar-refractivity contribution in [2.45, 2.75) is 6.54 Å². The number of nitrogens with two attached hydrogens (primary N) is 1. The van der Waals surface area contributed by atoms with Gasteiger partial charge in [-0.3, -0.25) is 5.43 Å². The molecule has 17 heavy (non-hydrogen) atoms. The van der Waals surface area contributed by atoms with Gasteiger partial charge in [0.05, 0.1) is 12.2 Å². The largest absolute Gasteiger partial charge is 0.365 e. The van der Waals surface area contributed by atoms with Crippen molar-refractivity contribution < 1.29 is 4.39 Å². The number of aromatic nitrogens is 2. The predicted octanol–water partition coefficient (Wildman–Crippen LogP) is 1.60. The maximum Gasteiger partial charge on any atom is 0.219 e. The minimum Gasteiger partial charge on any atom is -0.365 e. The molecule has 0 saturated heterocycles. The van der Waals surface area contributed by atoms with Crippen LogP contribution in [0.15, 0.2) is 24.3 Å². The van der Waals surface area contributed by atoms with Crippen molar-refractivity contribution in [3.8, 4) is 0 Å². The van der Waals surface area contributed by atoms with Gasteiger partial charge in [0.1, 0.15) is 10.8 Å². The number of para-hydroxylation sites is 1. The number of nitrogens with one attached hydrogen (secondary N) is 1. The van der Waals surface area contributed by atoms with Gasteiger partial charge in [-0.2, -0.15) is 0 Å². The van der Waals surface area contributed by atoms with Gasteiger partial charge in [0.15, 0.2) is 0 Å². The lowest BCUT2D eigenvalue weighted by molar-refractivity contribution is 0.622. The first-order valence-electron chi connectivity index (χ1n) is 4.95. The molecule has 0 bridgehead atoms. The Bertz CT molecular complexity index is 501. The second-order valence-corrected chi connectivity index (χ2v) is 4.51. The molecule has 2 rings (SSSR count). The summed E-state index contributed by atoms with van der Waals surface area (Å²) in [5.41, 5.74) is 2.96. The fourth-order valence-electron chi connectivity index (χ4n) is 1.43. The summed E-state index contributed by atoms with van der Waals surface area (Å²) in [5, 5.41) is 9.07. The highest BCUT2D eigenvalue weighted by Gasteiger charge is 2.10. The summed E-state index contributed by atoms with van der Waals surface area (Å²) < 4.78 is 13.5. The molecular formula is C10H12FN5S. The van der Waals surface area contributed by atoms with Gasteiger partial charge in [-0.05, 0) is 12.1 Å². The zero-order valence-electron chi connectivity index (χ0n) is 9.22. The number of nitrogen functional groups attached to an aromatic ring is 1. The van der Waals surface area contributed by atoms with E-state index in [4.69, 9.17) is 5.84 Å². The van der Waals surface area contributed by atoms with E-state index in [0.717, 1.165) is 5.01 Å². The Balaban J connectivity index is 2.11. The summed E-state index contributed by atoms with van der Waals surface area (Å²) in [6.07, 6.45) is 0. The van der Waals surface area contributed by atoms with E-state index >= 15 is 0 Å². The van der Waals surface area contributed by atoms with Crippen LogP contribution in [0.5, 0.6) is 0 Å². The zero-order chi connectivity index (χ0) is 12.3. The van der Waals surface area contributed by atoms with Crippen LogP contribution in [-0.4, -0.2) is 17.2 Å². The molecule has 1 aromatic heterocycles. The molecule has 0 aliphatic carbocycles. The fourth-order valence-corrected chi connectivity index (χ4v) is 2.13. The molecule has 1 aromatic carbocycles. The SMILES string of the molecule is CN(Cc1nnc(NN)s1)c1ccccc1F. The highest BCUT2D eigenvalue weighted by molar-refractivity contribution is 7.15. The average molecular weight is 253 g/mol. The molecule has 0 amide bonds. The third-order valence-electron chi connectivity index (χ3n) is 2.23. The van der Waals surface area contributed by atoms with E-state index < -0.39 is 0 Å². The number of anilines is 2. The minimum absolute atomic E-state index is 0.253. The number of hydrogen-bond donors (Lipinski definition) is 2. The van der Waals surface area contributed by atoms with Gasteiger partial charge in [-0.25, -0.2) is 10.2 Å². The topological polar surface area (TPSA) is 67.1 Å². The van der Waals surface area contributed by atoms with Crippen molar-refractivity contribution in [2.24, 2.45) is 5.84 Å². The number of halogens is 1. The molecule has 0 spiro atoms. The third-order valence-corrected chi connectivity index (χ3v) is 3.07. The lowest BCUT2D eigenvalue weighted by Gasteiger charge is -2.17. The molecule has 90 valence electrons. The van der Waals surface area contributed by atoms with Crippen molar-refractivity contribution in [2.75, 3.05) is 17.4 Å². The summed E-state index contributed by atoms with van der Waals surface area (Å²) in [4.78, 5) is 1.77. The molecule has 2 aromatic rings. The first-order valence-corrected chi connectivity index (χ1v) is 5.77. The van der Waals surface area contributed by atoms with Gasteiger partial charge in [0.25, 0.3) is 0 Å². The van der Waals surface area contributed by atoms with E-state index in [9.17, 15) is 4.39 Å². The van der Waals surface area contributed by atoms with E-state index in [1.807, 2.05) is 0 Å². The van der Waals surface area contributed by atoms with Crippen LogP contribution in [0, 0.1) is 5.82 Å². The van der Waals surface area contributed by atoms with E-state index in [2.05, 4.69) is 15.6 Å². The number of rotatable bonds is 4. The maximum atomic E-state index is 13.5. The van der Waals surface area contributed by atoms with Crippen LogP contribution in [-0.2, 0) is 6.54 Å². The number of hydrazine groups is 1. The highest BCUT2D eigenvalue weighted by Crippen LogP contribution is 2.21. The second kappa shape index (κ2) is 5.07. The molecule has 0 saturated carbocycles. The van der Waals surface area contributed by atoms with Crippen molar-refractivity contribution in [1.29, 1.82) is 0 Å². The van der Waals surface area contributed by atoms with Crippen LogP contribution in [0.25, 0.3) is 0 Å². The van der Waals surface area contributed by atoms with Crippen LogP contribution in [0.3, 0.4) is 0 Å². The quantitative estimate of drug-likeness (QED) is 0.640. The van der Waals surface area contributed by atoms with Crippen LogP contribution >= 0.6 is 11.3 Å². The fraction of sp³-hybridized carbons (Fsp3) is 0.200. The Hall–Kier alpha value is -1.73. The van der Waals surface area contributed by atoms with Crippen molar-refractivity contribution >= 4 is 22.2 Å². The Morgan fingerprint density at radius 2 is 2.18 bits per heavy atom. The zero-order valence-corrected chi connectivity index (χ0v) is 10.0. The number of hydrogen-bond acceptors (Lipinski definition) is 6. The maximum absolute atomic E-state index is 13.5. The highest BCUT2D eigenvalue weighted by atomic mass is 32.1. The van der Waals surface area contributed by atoms with E-state index in [-0.39, 0.29) is 5.82 Å². The molecule has 0 aliphatic rings. The van der Waals surface area contributed by atoms with E-state index in [1.54, 1.807) is 30.1 Å². The van der Waals surface area contributed by atoms with Gasteiger partial charge in [0.2, 0.25) is 5.13 Å². The van der Waals surface area contributed by atoms with Gasteiger partial charge < -0.3 is 4.90 Å². The molecule has 3 N–H and O–H groups in total. The van der Waals surface area contributed by atoms with Crippen LogP contribution in [0.4, 0.5) is 15.2 Å². The van der Waals surface area contributed by atoms with Crippen LogP contribution in [0.1, 0.15) is 5.01 Å². The van der Waals surface area contributed by atoms with Gasteiger partial charge >= 0.3 is 0 Å². The number of benzene rings is 1. The monoisotopic (exact) mass is 253 g/mol. The van der Waals surface area contributed by atoms with Crippen molar-refractivity contribution in [3.05, 3.63) is 35.1 Å². The Labute approximate surface area is 102 Å². The van der Waals surface area contributed by atoms with Gasteiger partial charge in [0, 0.05) is 7.05 Å². The molecule has 0 unspecified atom stereocenters. The standard InChI is InChI=1S/C10H12FN5S/c1-16(8-5-3-2-4-7(8)11)6-9-14-15-10(13-12)17-9/h2-5H,6,12H2,1H3,(H,13,15). The first kappa shape index (κ1) is 11.7. The molecule has 1 heterocycles. The summed E-state index contributed by atoms with van der Waals surface area (Å²) in [6.45, 7) is 0.486. The number of nitrogens with zero attached hydrogens (tertiary/aromatic N) is 3. The summed E-state index contributed by atoms with van der Waals surface area (Å²) in [5.74, 6) is 4.96. The first-order chi connectivity index (χ1) is 8.20. The molecule has 0 fully saturated rings. The predicted molar refractivity (Wildman–Crippen MR) is 66.2 cm³/mol. The molecular weight excluding hydrogens is 241 g/mol. The van der Waals surface area contributed by atoms with Crippen LogP contribution < -0.4 is 16.2 Å². The average Bonchev–Trinajstić information content (AvgIpc) is 2.77. The van der Waals surface area contributed by atoms with Crippen molar-refractivity contribution in [3.63, 3.8) is 0 Å². The Kier molecular flexibility index (Phi) is 3.50. The van der Waals surface area contributed by atoms with Gasteiger partial charge in [-0.1, -0.05) is 23.5 Å². The second-order valence-electron chi connectivity index (χ2n) is 3.45. The van der Waals surface area contributed by atoms with E-state index in [0.29, 0.717) is 17.4 Å². The summed E-state index contributed by atoms with van der Waals surface area (Å²) in [6, 6.07) is 6.60. The van der Waals surface area contributed by atoms with Gasteiger partial charge in [-0.15, -0.1) is 10.2 Å². The molecule has 7 heteroatoms. The lowest BCUT2D eigenvalue weighted by Crippen LogP contribution is -2.17. The van der Waals surface area contributed by atoms with E-state index in [1.165, 1.54) is 17.4 Å². The third kappa shape index (κ3) is 2.69. The molecule has 5 nitrogen and oxygen atoms in total. The Morgan fingerprint density at radius 3 is 2.82 bits per heavy atom. The molecule has 0 atom stereocenters. The molecule has 0 aliphatic heterocycles. The normalized spacial score (nSPS) is 10.3. The lowest BCUT2D eigenvalue weighted by atomic mass is 10.3. The smallest absolute Gasteiger partial charge is 0.219 e. The molecule has 0 radical (unpaired) electrons. The van der Waals surface area contributed by atoms with Crippen LogP contribution in [0.2, 0.25) is 0 Å². The minimum atomic E-state index is -0.253. The Morgan fingerprint density at radius 1 is 1.41 bits per heavy atom.